The fraction of sp³-hybridized carbons (Fsp3) is 0.765. The first-order valence-electron chi connectivity index (χ1n) is 8.34. The van der Waals surface area contributed by atoms with Gasteiger partial charge in [0, 0.05) is 18.8 Å². The van der Waals surface area contributed by atoms with Crippen LogP contribution in [0, 0.1) is 12.3 Å². The molecule has 0 aliphatic carbocycles. The van der Waals surface area contributed by atoms with E-state index in [-0.39, 0.29) is 0 Å². The van der Waals surface area contributed by atoms with Crippen LogP contribution >= 0.6 is 0 Å². The van der Waals surface area contributed by atoms with E-state index in [1.165, 1.54) is 12.0 Å². The fourth-order valence-electron chi connectivity index (χ4n) is 2.13. The molecule has 5 nitrogen and oxygen atoms in total. The molecule has 0 saturated heterocycles. The molecule has 0 aliphatic heterocycles. The summed E-state index contributed by atoms with van der Waals surface area (Å²) >= 11 is 0. The summed E-state index contributed by atoms with van der Waals surface area (Å²) in [7, 11) is 0. The lowest BCUT2D eigenvalue weighted by Gasteiger charge is -2.23. The minimum atomic E-state index is 0.378. The Hall–Kier alpha value is -1.52. The Bertz CT molecular complexity index is 456. The average molecular weight is 307 g/mol. The molecule has 5 heteroatoms. The lowest BCUT2D eigenvalue weighted by molar-refractivity contribution is 0.346. The molecule has 2 N–H and O–H groups in total. The van der Waals surface area contributed by atoms with Crippen LogP contribution in [0.3, 0.4) is 0 Å². The molecule has 1 atom stereocenters. The monoisotopic (exact) mass is 307 g/mol. The van der Waals surface area contributed by atoms with E-state index in [0.29, 0.717) is 11.5 Å². The largest absolute Gasteiger partial charge is 0.357 e. The summed E-state index contributed by atoms with van der Waals surface area (Å²) < 4.78 is 1.94. The molecule has 126 valence electrons. The van der Waals surface area contributed by atoms with Gasteiger partial charge in [-0.15, -0.1) is 0 Å². The van der Waals surface area contributed by atoms with Gasteiger partial charge in [-0.2, -0.15) is 5.10 Å². The number of nitrogens with zero attached hydrogens (tertiary/aromatic N) is 3. The molecule has 1 heterocycles. The van der Waals surface area contributed by atoms with Crippen LogP contribution in [0.25, 0.3) is 0 Å². The number of aromatic nitrogens is 2. The van der Waals surface area contributed by atoms with Crippen molar-refractivity contribution in [1.82, 2.24) is 20.4 Å². The van der Waals surface area contributed by atoms with Crippen LogP contribution in [0.5, 0.6) is 0 Å². The zero-order valence-corrected chi connectivity index (χ0v) is 15.1. The number of rotatable bonds is 7. The number of nitrogens with one attached hydrogen (secondary N) is 2. The highest BCUT2D eigenvalue weighted by Crippen LogP contribution is 2.21. The molecule has 0 amide bonds. The standard InChI is InChI=1S/C17H33N5/c1-7-18-16(21-15(3)8-9-17(4,5)6)19-10-11-22-13-14(2)12-20-22/h12-13,15H,7-11H2,1-6H3,(H2,18,19,21). The minimum absolute atomic E-state index is 0.378. The Morgan fingerprint density at radius 1 is 1.41 bits per heavy atom. The van der Waals surface area contributed by atoms with Gasteiger partial charge in [-0.1, -0.05) is 20.8 Å². The van der Waals surface area contributed by atoms with Gasteiger partial charge in [0.05, 0.1) is 19.3 Å². The van der Waals surface area contributed by atoms with Crippen LogP contribution in [0.4, 0.5) is 0 Å². The number of aliphatic imine (C=N–C) groups is 1. The summed E-state index contributed by atoms with van der Waals surface area (Å²) in [6.07, 6.45) is 6.27. The van der Waals surface area contributed by atoms with Crippen molar-refractivity contribution >= 4 is 5.96 Å². The third-order valence-electron chi connectivity index (χ3n) is 3.42. The third kappa shape index (κ3) is 8.05. The lowest BCUT2D eigenvalue weighted by Crippen LogP contribution is -2.42. The summed E-state index contributed by atoms with van der Waals surface area (Å²) in [4.78, 5) is 4.64. The van der Waals surface area contributed by atoms with Crippen LogP contribution in [-0.4, -0.2) is 34.9 Å². The second-order valence-corrected chi connectivity index (χ2v) is 7.19. The van der Waals surface area contributed by atoms with E-state index >= 15 is 0 Å². The summed E-state index contributed by atoms with van der Waals surface area (Å²) in [5.74, 6) is 0.896. The van der Waals surface area contributed by atoms with E-state index in [9.17, 15) is 0 Å². The number of hydrogen-bond acceptors (Lipinski definition) is 2. The molecule has 0 aromatic carbocycles. The highest BCUT2D eigenvalue weighted by molar-refractivity contribution is 5.79. The van der Waals surface area contributed by atoms with Crippen LogP contribution in [0.2, 0.25) is 0 Å². The molecule has 1 rings (SSSR count). The summed E-state index contributed by atoms with van der Waals surface area (Å²) in [5.41, 5.74) is 1.56. The predicted molar refractivity (Wildman–Crippen MR) is 94.2 cm³/mol. The maximum atomic E-state index is 4.64. The molecule has 0 spiro atoms. The second-order valence-electron chi connectivity index (χ2n) is 7.19. The van der Waals surface area contributed by atoms with E-state index in [2.05, 4.69) is 62.3 Å². The lowest BCUT2D eigenvalue weighted by atomic mass is 9.89. The van der Waals surface area contributed by atoms with Gasteiger partial charge >= 0.3 is 0 Å². The van der Waals surface area contributed by atoms with Crippen molar-refractivity contribution in [3.8, 4) is 0 Å². The van der Waals surface area contributed by atoms with Gasteiger partial charge in [-0.3, -0.25) is 9.67 Å². The predicted octanol–water partition coefficient (Wildman–Crippen LogP) is 2.96. The van der Waals surface area contributed by atoms with Crippen molar-refractivity contribution in [2.24, 2.45) is 10.4 Å². The normalized spacial score (nSPS) is 14.0. The van der Waals surface area contributed by atoms with Gasteiger partial charge in [0.25, 0.3) is 0 Å². The van der Waals surface area contributed by atoms with Gasteiger partial charge < -0.3 is 10.6 Å². The Labute approximate surface area is 135 Å². The van der Waals surface area contributed by atoms with Gasteiger partial charge in [-0.05, 0) is 44.6 Å². The molecule has 1 unspecified atom stereocenters. The molecule has 0 aliphatic rings. The highest BCUT2D eigenvalue weighted by atomic mass is 15.3. The van der Waals surface area contributed by atoms with E-state index in [0.717, 1.165) is 32.0 Å². The minimum Gasteiger partial charge on any atom is -0.357 e. The summed E-state index contributed by atoms with van der Waals surface area (Å²) in [5, 5.41) is 11.1. The van der Waals surface area contributed by atoms with Crippen LogP contribution in [-0.2, 0) is 6.54 Å². The fourth-order valence-corrected chi connectivity index (χ4v) is 2.13. The Balaban J connectivity index is 2.44. The number of hydrogen-bond donors (Lipinski definition) is 2. The molecule has 1 aromatic heterocycles. The van der Waals surface area contributed by atoms with Crippen molar-refractivity contribution in [2.45, 2.75) is 67.0 Å². The average Bonchev–Trinajstić information content (AvgIpc) is 2.81. The van der Waals surface area contributed by atoms with Gasteiger partial charge in [0.15, 0.2) is 5.96 Å². The smallest absolute Gasteiger partial charge is 0.191 e. The zero-order valence-electron chi connectivity index (χ0n) is 15.1. The van der Waals surface area contributed by atoms with Crippen LogP contribution in [0.15, 0.2) is 17.4 Å². The maximum absolute atomic E-state index is 4.64. The number of guanidine groups is 1. The van der Waals surface area contributed by atoms with Crippen LogP contribution in [0.1, 0.15) is 53.0 Å². The number of aryl methyl sites for hydroxylation is 1. The quantitative estimate of drug-likeness (QED) is 0.601. The Morgan fingerprint density at radius 2 is 2.14 bits per heavy atom. The molecule has 1 aromatic rings. The highest BCUT2D eigenvalue weighted by Gasteiger charge is 2.13. The zero-order chi connectivity index (χ0) is 16.6. The summed E-state index contributed by atoms with van der Waals surface area (Å²) in [6, 6.07) is 0.420. The molecule has 0 radical (unpaired) electrons. The van der Waals surface area contributed by atoms with Crippen molar-refractivity contribution in [1.29, 1.82) is 0 Å². The molecule has 0 saturated carbocycles. The summed E-state index contributed by atoms with van der Waals surface area (Å²) in [6.45, 7) is 15.6. The van der Waals surface area contributed by atoms with Crippen molar-refractivity contribution in [3.63, 3.8) is 0 Å². The van der Waals surface area contributed by atoms with E-state index in [1.807, 2.05) is 17.1 Å². The first-order chi connectivity index (χ1) is 10.3. The molecule has 0 fully saturated rings. The van der Waals surface area contributed by atoms with Crippen molar-refractivity contribution < 1.29 is 0 Å². The van der Waals surface area contributed by atoms with E-state index in [1.54, 1.807) is 0 Å². The van der Waals surface area contributed by atoms with Crippen LogP contribution < -0.4 is 10.6 Å². The van der Waals surface area contributed by atoms with Gasteiger partial charge in [-0.25, -0.2) is 0 Å². The van der Waals surface area contributed by atoms with Gasteiger partial charge in [0.2, 0.25) is 0 Å². The second kappa shape index (κ2) is 8.81. The molecular weight excluding hydrogens is 274 g/mol. The van der Waals surface area contributed by atoms with E-state index in [4.69, 9.17) is 0 Å². The Morgan fingerprint density at radius 3 is 2.68 bits per heavy atom. The third-order valence-corrected chi connectivity index (χ3v) is 3.42. The first-order valence-corrected chi connectivity index (χ1v) is 8.34. The topological polar surface area (TPSA) is 54.2 Å². The first kappa shape index (κ1) is 18.5. The van der Waals surface area contributed by atoms with Gasteiger partial charge in [0.1, 0.15) is 0 Å². The molecular formula is C17H33N5. The molecule has 22 heavy (non-hydrogen) atoms. The van der Waals surface area contributed by atoms with E-state index < -0.39 is 0 Å². The SMILES string of the molecule is CCNC(=NCCn1cc(C)cn1)NC(C)CCC(C)(C)C. The molecule has 0 bridgehead atoms. The van der Waals surface area contributed by atoms with Crippen molar-refractivity contribution in [3.05, 3.63) is 18.0 Å². The maximum Gasteiger partial charge on any atom is 0.191 e. The Kier molecular flexibility index (Phi) is 7.42. The van der Waals surface area contributed by atoms with Crippen molar-refractivity contribution in [2.75, 3.05) is 13.1 Å².